The third-order valence-corrected chi connectivity index (χ3v) is 6.14. The Morgan fingerprint density at radius 3 is 2.66 bits per heavy atom. The quantitative estimate of drug-likeness (QED) is 0.162. The number of nitrogens with zero attached hydrogens (tertiary/aromatic N) is 5. The topological polar surface area (TPSA) is 154 Å². The molecule has 0 spiro atoms. The third kappa shape index (κ3) is 3.88. The zero-order valence-electron chi connectivity index (χ0n) is 18.0. The molecule has 0 atom stereocenters. The fraction of sp³-hybridized carbons (Fsp3) is 0.0455. The summed E-state index contributed by atoms with van der Waals surface area (Å²) in [6, 6.07) is 16.8. The standard InChI is InChI=1S/C22H15N5O7S/c1-33-19-13-15(27(28)29)9-10-17(19)25-23-22(16-6-2-3-8-20(16)35(30,31)32)24-26(25)18-7-4-5-14-11-12-34-21(14)18/h2-13H,1H3/p+1. The van der Waals surface area contributed by atoms with Crippen LogP contribution >= 0.6 is 0 Å². The summed E-state index contributed by atoms with van der Waals surface area (Å²) in [6.07, 6.45) is 1.51. The molecule has 12 nitrogen and oxygen atoms in total. The maximum atomic E-state index is 12.0. The number of methoxy groups -OCH3 is 1. The van der Waals surface area contributed by atoms with Gasteiger partial charge in [0.1, 0.15) is 4.90 Å². The SMILES string of the molecule is COc1cc([N+](=O)[O-])ccc1-[n+]1nc(-c2ccccc2S(=O)(=O)O)nn1-c1cccc2ccoc12. The Bertz CT molecular complexity index is 1710. The van der Waals surface area contributed by atoms with E-state index in [1.807, 2.05) is 6.07 Å². The zero-order valence-corrected chi connectivity index (χ0v) is 18.8. The van der Waals surface area contributed by atoms with E-state index in [-0.39, 0.29) is 33.4 Å². The van der Waals surface area contributed by atoms with E-state index in [0.717, 1.165) is 5.39 Å². The van der Waals surface area contributed by atoms with E-state index in [9.17, 15) is 23.1 Å². The maximum Gasteiger partial charge on any atom is 0.341 e. The van der Waals surface area contributed by atoms with Gasteiger partial charge >= 0.3 is 5.82 Å². The molecule has 5 rings (SSSR count). The molecule has 0 bridgehead atoms. The Morgan fingerprint density at radius 2 is 1.91 bits per heavy atom. The Hall–Kier alpha value is -4.62. The van der Waals surface area contributed by atoms with E-state index in [0.29, 0.717) is 11.3 Å². The van der Waals surface area contributed by atoms with Crippen molar-refractivity contribution in [1.82, 2.24) is 15.0 Å². The van der Waals surface area contributed by atoms with Gasteiger partial charge in [-0.1, -0.05) is 24.3 Å². The highest BCUT2D eigenvalue weighted by atomic mass is 32.2. The molecule has 0 saturated heterocycles. The van der Waals surface area contributed by atoms with Crippen LogP contribution in [0.2, 0.25) is 0 Å². The van der Waals surface area contributed by atoms with Gasteiger partial charge in [-0.15, -0.1) is 0 Å². The molecule has 35 heavy (non-hydrogen) atoms. The number of para-hydroxylation sites is 1. The average Bonchev–Trinajstić information content (AvgIpc) is 3.50. The number of fused-ring (bicyclic) bond motifs is 1. The Balaban J connectivity index is 1.82. The number of rotatable bonds is 6. The fourth-order valence-corrected chi connectivity index (χ4v) is 4.35. The van der Waals surface area contributed by atoms with Crippen LogP contribution < -0.4 is 9.53 Å². The first kappa shape index (κ1) is 22.2. The lowest BCUT2D eigenvalue weighted by Gasteiger charge is -2.05. The van der Waals surface area contributed by atoms with Crippen molar-refractivity contribution < 1.29 is 31.8 Å². The Kier molecular flexibility index (Phi) is 5.26. The molecule has 0 radical (unpaired) electrons. The molecule has 13 heteroatoms. The first-order chi connectivity index (χ1) is 16.8. The minimum Gasteiger partial charge on any atom is -0.492 e. The molecule has 3 aromatic carbocycles. The van der Waals surface area contributed by atoms with Crippen LogP contribution in [0.4, 0.5) is 5.69 Å². The van der Waals surface area contributed by atoms with Crippen LogP contribution in [0.5, 0.6) is 5.75 Å². The molecule has 1 N–H and O–H groups in total. The highest BCUT2D eigenvalue weighted by Gasteiger charge is 2.31. The van der Waals surface area contributed by atoms with Crippen molar-refractivity contribution >= 4 is 26.8 Å². The van der Waals surface area contributed by atoms with Gasteiger partial charge in [-0.3, -0.25) is 14.7 Å². The predicted octanol–water partition coefficient (Wildman–Crippen LogP) is 3.12. The first-order valence-electron chi connectivity index (χ1n) is 10.0. The molecule has 0 saturated carbocycles. The number of tetrazole rings is 1. The summed E-state index contributed by atoms with van der Waals surface area (Å²) in [5, 5.41) is 21.0. The molecular formula is C22H16N5O7S+. The van der Waals surface area contributed by atoms with Gasteiger partial charge in [-0.2, -0.15) is 8.42 Å². The summed E-state index contributed by atoms with van der Waals surface area (Å²) < 4.78 is 44.7. The van der Waals surface area contributed by atoms with Gasteiger partial charge in [0, 0.05) is 22.3 Å². The number of nitro benzene ring substituents is 1. The summed E-state index contributed by atoms with van der Waals surface area (Å²) in [4.78, 5) is 13.0. The second-order valence-corrected chi connectivity index (χ2v) is 8.69. The molecule has 0 unspecified atom stereocenters. The second-order valence-electron chi connectivity index (χ2n) is 7.30. The van der Waals surface area contributed by atoms with Crippen molar-refractivity contribution in [3.05, 3.63) is 83.1 Å². The van der Waals surface area contributed by atoms with Crippen molar-refractivity contribution in [2.75, 3.05) is 7.11 Å². The molecule has 0 fully saturated rings. The third-order valence-electron chi connectivity index (χ3n) is 5.23. The van der Waals surface area contributed by atoms with Gasteiger partial charge in [0.15, 0.2) is 17.0 Å². The van der Waals surface area contributed by atoms with Crippen molar-refractivity contribution in [2.45, 2.75) is 4.90 Å². The van der Waals surface area contributed by atoms with E-state index < -0.39 is 15.0 Å². The van der Waals surface area contributed by atoms with Gasteiger partial charge in [0.2, 0.25) is 5.69 Å². The van der Waals surface area contributed by atoms with E-state index in [1.165, 1.54) is 59.4 Å². The smallest absolute Gasteiger partial charge is 0.341 e. The molecule has 2 aromatic heterocycles. The van der Waals surface area contributed by atoms with Crippen molar-refractivity contribution in [1.29, 1.82) is 0 Å². The van der Waals surface area contributed by atoms with Crippen LogP contribution in [0, 0.1) is 10.1 Å². The van der Waals surface area contributed by atoms with Crippen LogP contribution in [0.3, 0.4) is 0 Å². The van der Waals surface area contributed by atoms with E-state index >= 15 is 0 Å². The fourth-order valence-electron chi connectivity index (χ4n) is 3.66. The van der Waals surface area contributed by atoms with E-state index in [4.69, 9.17) is 9.15 Å². The Labute approximate surface area is 197 Å². The highest BCUT2D eigenvalue weighted by molar-refractivity contribution is 7.86. The van der Waals surface area contributed by atoms with Crippen LogP contribution in [0.25, 0.3) is 33.7 Å². The maximum absolute atomic E-state index is 12.0. The summed E-state index contributed by atoms with van der Waals surface area (Å²) in [5.74, 6) is 0.0845. The number of hydrogen-bond donors (Lipinski definition) is 1. The van der Waals surface area contributed by atoms with E-state index in [1.54, 1.807) is 24.3 Å². The second kappa shape index (κ2) is 8.30. The number of furan rings is 1. The Morgan fingerprint density at radius 1 is 1.11 bits per heavy atom. The number of non-ortho nitro benzene ring substituents is 1. The van der Waals surface area contributed by atoms with Crippen LogP contribution in [0.1, 0.15) is 0 Å². The van der Waals surface area contributed by atoms with Crippen LogP contribution in [-0.2, 0) is 10.1 Å². The monoisotopic (exact) mass is 494 g/mol. The number of nitro groups is 1. The normalized spacial score (nSPS) is 11.6. The van der Waals surface area contributed by atoms with Gasteiger partial charge in [-0.25, -0.2) is 0 Å². The molecule has 0 aliphatic rings. The first-order valence-corrected chi connectivity index (χ1v) is 11.5. The van der Waals surface area contributed by atoms with Gasteiger partial charge in [0.05, 0.1) is 35.0 Å². The number of hydrogen-bond acceptors (Lipinski definition) is 8. The lowest BCUT2D eigenvalue weighted by molar-refractivity contribution is -0.734. The number of aromatic nitrogens is 4. The molecule has 0 aliphatic heterocycles. The minimum atomic E-state index is -4.58. The minimum absolute atomic E-state index is 0.0396. The lowest BCUT2D eigenvalue weighted by Crippen LogP contribution is -2.43. The molecule has 5 aromatic rings. The molecule has 0 amide bonds. The number of benzene rings is 3. The lowest BCUT2D eigenvalue weighted by atomic mass is 10.2. The molecule has 176 valence electrons. The van der Waals surface area contributed by atoms with Gasteiger partial charge < -0.3 is 9.15 Å². The predicted molar refractivity (Wildman–Crippen MR) is 121 cm³/mol. The van der Waals surface area contributed by atoms with Gasteiger partial charge in [0.25, 0.3) is 15.8 Å². The zero-order chi connectivity index (χ0) is 24.7. The molecular weight excluding hydrogens is 478 g/mol. The number of ether oxygens (including phenoxy) is 1. The van der Waals surface area contributed by atoms with Crippen LogP contribution in [0.15, 0.2) is 82.3 Å². The van der Waals surface area contributed by atoms with Crippen LogP contribution in [-0.4, -0.2) is 40.0 Å². The van der Waals surface area contributed by atoms with Crippen molar-refractivity contribution in [2.24, 2.45) is 0 Å². The summed E-state index contributed by atoms with van der Waals surface area (Å²) in [7, 11) is -3.23. The van der Waals surface area contributed by atoms with Gasteiger partial charge in [-0.05, 0) is 34.2 Å². The largest absolute Gasteiger partial charge is 0.492 e. The summed E-state index contributed by atoms with van der Waals surface area (Å²) >= 11 is 0. The van der Waals surface area contributed by atoms with Crippen molar-refractivity contribution in [3.63, 3.8) is 0 Å². The highest BCUT2D eigenvalue weighted by Crippen LogP contribution is 2.29. The van der Waals surface area contributed by atoms with Crippen molar-refractivity contribution in [3.8, 4) is 28.5 Å². The van der Waals surface area contributed by atoms with E-state index in [2.05, 4.69) is 10.2 Å². The molecule has 2 heterocycles. The summed E-state index contributed by atoms with van der Waals surface area (Å²) in [5.41, 5.74) is 1.07. The summed E-state index contributed by atoms with van der Waals surface area (Å²) in [6.45, 7) is 0. The molecule has 0 aliphatic carbocycles. The average molecular weight is 494 g/mol.